The highest BCUT2D eigenvalue weighted by molar-refractivity contribution is 5.78. The first-order valence-electron chi connectivity index (χ1n) is 7.10. The summed E-state index contributed by atoms with van der Waals surface area (Å²) in [5, 5.41) is 6.23. The van der Waals surface area contributed by atoms with E-state index in [9.17, 15) is 4.79 Å². The zero-order chi connectivity index (χ0) is 12.7. The lowest BCUT2D eigenvalue weighted by Gasteiger charge is -2.25. The first-order valence-corrected chi connectivity index (χ1v) is 7.10. The summed E-state index contributed by atoms with van der Waals surface area (Å²) in [5.41, 5.74) is 0. The van der Waals surface area contributed by atoms with Crippen LogP contribution < -0.4 is 10.6 Å². The molecule has 0 saturated heterocycles. The largest absolute Gasteiger partial charge is 0.353 e. The molecule has 0 aromatic rings. The zero-order valence-electron chi connectivity index (χ0n) is 11.6. The van der Waals surface area contributed by atoms with E-state index >= 15 is 0 Å². The molecule has 0 heterocycles. The van der Waals surface area contributed by atoms with Gasteiger partial charge in [0, 0.05) is 18.5 Å². The topological polar surface area (TPSA) is 41.1 Å². The Morgan fingerprint density at radius 1 is 1.18 bits per heavy atom. The number of nitrogens with one attached hydrogen (secondary N) is 2. The Kier molecular flexibility index (Phi) is 6.56. The molecule has 1 fully saturated rings. The van der Waals surface area contributed by atoms with Crippen LogP contribution in [0.3, 0.4) is 0 Å². The van der Waals surface area contributed by atoms with E-state index in [1.165, 1.54) is 38.5 Å². The van der Waals surface area contributed by atoms with Gasteiger partial charge in [0.2, 0.25) is 5.91 Å². The predicted octanol–water partition coefficient (Wildman–Crippen LogP) is 2.32. The second kappa shape index (κ2) is 7.70. The maximum atomic E-state index is 11.9. The van der Waals surface area contributed by atoms with Crippen LogP contribution in [0.4, 0.5) is 0 Å². The highest BCUT2D eigenvalue weighted by atomic mass is 16.1. The van der Waals surface area contributed by atoms with Crippen molar-refractivity contribution in [2.45, 2.75) is 58.4 Å². The zero-order valence-corrected chi connectivity index (χ0v) is 11.6. The minimum absolute atomic E-state index is 0.0632. The maximum absolute atomic E-state index is 11.9. The normalized spacial score (nSPS) is 21.6. The minimum atomic E-state index is 0.0632. The lowest BCUT2D eigenvalue weighted by molar-refractivity contribution is -0.125. The van der Waals surface area contributed by atoms with E-state index in [-0.39, 0.29) is 11.8 Å². The molecule has 1 unspecified atom stereocenters. The van der Waals surface area contributed by atoms with Crippen LogP contribution in [0, 0.1) is 11.8 Å². The predicted molar refractivity (Wildman–Crippen MR) is 71.9 cm³/mol. The van der Waals surface area contributed by atoms with E-state index < -0.39 is 0 Å². The standard InChI is InChI=1S/C14H28N2O/c1-11(10-15-3)14(17)16-12(2)13-8-6-4-5-7-9-13/h11-13,15H,4-10H2,1-3H3,(H,16,17)/t11?,12-/m1/s1. The van der Waals surface area contributed by atoms with Crippen LogP contribution in [0.25, 0.3) is 0 Å². The first-order chi connectivity index (χ1) is 8.15. The Morgan fingerprint density at radius 3 is 2.29 bits per heavy atom. The minimum Gasteiger partial charge on any atom is -0.353 e. The third kappa shape index (κ3) is 5.07. The number of rotatable bonds is 5. The Balaban J connectivity index is 2.35. The molecular weight excluding hydrogens is 212 g/mol. The SMILES string of the molecule is CNCC(C)C(=O)N[C@H](C)C1CCCCCC1. The molecule has 0 bridgehead atoms. The number of hydrogen-bond acceptors (Lipinski definition) is 2. The summed E-state index contributed by atoms with van der Waals surface area (Å²) in [4.78, 5) is 11.9. The fourth-order valence-electron chi connectivity index (χ4n) is 2.69. The van der Waals surface area contributed by atoms with Gasteiger partial charge in [0.05, 0.1) is 0 Å². The Bertz CT molecular complexity index is 222. The molecule has 0 spiro atoms. The van der Waals surface area contributed by atoms with Crippen molar-refractivity contribution < 1.29 is 4.79 Å². The quantitative estimate of drug-likeness (QED) is 0.724. The summed E-state index contributed by atoms with van der Waals surface area (Å²) in [6, 6.07) is 0.333. The van der Waals surface area contributed by atoms with E-state index in [0.29, 0.717) is 12.0 Å². The monoisotopic (exact) mass is 240 g/mol. The number of hydrogen-bond donors (Lipinski definition) is 2. The smallest absolute Gasteiger partial charge is 0.224 e. The third-order valence-electron chi connectivity index (χ3n) is 3.93. The molecular formula is C14H28N2O. The summed E-state index contributed by atoms with van der Waals surface area (Å²) >= 11 is 0. The summed E-state index contributed by atoms with van der Waals surface area (Å²) < 4.78 is 0. The molecule has 0 aliphatic heterocycles. The van der Waals surface area contributed by atoms with Crippen molar-refractivity contribution in [2.24, 2.45) is 11.8 Å². The lowest BCUT2D eigenvalue weighted by atomic mass is 9.92. The maximum Gasteiger partial charge on any atom is 0.224 e. The fourth-order valence-corrected chi connectivity index (χ4v) is 2.69. The van der Waals surface area contributed by atoms with Crippen molar-refractivity contribution >= 4 is 5.91 Å². The molecule has 17 heavy (non-hydrogen) atoms. The van der Waals surface area contributed by atoms with Gasteiger partial charge in [-0.2, -0.15) is 0 Å². The highest BCUT2D eigenvalue weighted by Crippen LogP contribution is 2.25. The molecule has 1 aliphatic carbocycles. The van der Waals surface area contributed by atoms with Crippen molar-refractivity contribution in [2.75, 3.05) is 13.6 Å². The molecule has 3 heteroatoms. The molecule has 0 radical (unpaired) electrons. The van der Waals surface area contributed by atoms with Crippen molar-refractivity contribution in [1.29, 1.82) is 0 Å². The lowest BCUT2D eigenvalue weighted by Crippen LogP contribution is -2.42. The molecule has 1 saturated carbocycles. The van der Waals surface area contributed by atoms with Crippen LogP contribution in [0.1, 0.15) is 52.4 Å². The molecule has 0 aromatic heterocycles. The first kappa shape index (κ1) is 14.5. The Morgan fingerprint density at radius 2 is 1.76 bits per heavy atom. The van der Waals surface area contributed by atoms with E-state index in [2.05, 4.69) is 17.6 Å². The Labute approximate surface area is 106 Å². The molecule has 2 N–H and O–H groups in total. The molecule has 1 amide bonds. The van der Waals surface area contributed by atoms with E-state index in [4.69, 9.17) is 0 Å². The molecule has 3 nitrogen and oxygen atoms in total. The highest BCUT2D eigenvalue weighted by Gasteiger charge is 2.22. The van der Waals surface area contributed by atoms with E-state index in [1.54, 1.807) is 0 Å². The number of amides is 1. The van der Waals surface area contributed by atoms with Gasteiger partial charge in [-0.05, 0) is 32.7 Å². The van der Waals surface area contributed by atoms with Crippen molar-refractivity contribution in [3.8, 4) is 0 Å². The van der Waals surface area contributed by atoms with Gasteiger partial charge >= 0.3 is 0 Å². The van der Waals surface area contributed by atoms with Gasteiger partial charge < -0.3 is 10.6 Å². The van der Waals surface area contributed by atoms with Crippen LogP contribution in [0.15, 0.2) is 0 Å². The average molecular weight is 240 g/mol. The summed E-state index contributed by atoms with van der Waals surface area (Å²) in [5.74, 6) is 0.938. The van der Waals surface area contributed by atoms with Gasteiger partial charge in [0.15, 0.2) is 0 Å². The van der Waals surface area contributed by atoms with Crippen LogP contribution >= 0.6 is 0 Å². The van der Waals surface area contributed by atoms with Gasteiger partial charge in [-0.3, -0.25) is 4.79 Å². The second-order valence-corrected chi connectivity index (χ2v) is 5.51. The van der Waals surface area contributed by atoms with Crippen LogP contribution in [0.2, 0.25) is 0 Å². The molecule has 1 aliphatic rings. The number of carbonyl (C=O) groups is 1. The van der Waals surface area contributed by atoms with Gasteiger partial charge in [-0.15, -0.1) is 0 Å². The summed E-state index contributed by atoms with van der Waals surface area (Å²) in [6.07, 6.45) is 7.96. The average Bonchev–Trinajstić information content (AvgIpc) is 2.57. The molecule has 0 aromatic carbocycles. The van der Waals surface area contributed by atoms with Crippen LogP contribution in [-0.2, 0) is 4.79 Å². The summed E-state index contributed by atoms with van der Waals surface area (Å²) in [6.45, 7) is 4.90. The second-order valence-electron chi connectivity index (χ2n) is 5.51. The van der Waals surface area contributed by atoms with E-state index in [1.807, 2.05) is 14.0 Å². The third-order valence-corrected chi connectivity index (χ3v) is 3.93. The van der Waals surface area contributed by atoms with E-state index in [0.717, 1.165) is 6.54 Å². The molecule has 2 atom stereocenters. The van der Waals surface area contributed by atoms with Gasteiger partial charge in [0.1, 0.15) is 0 Å². The van der Waals surface area contributed by atoms with Gasteiger partial charge in [-0.1, -0.05) is 32.6 Å². The molecule has 1 rings (SSSR count). The molecule has 100 valence electrons. The van der Waals surface area contributed by atoms with Crippen LogP contribution in [0.5, 0.6) is 0 Å². The van der Waals surface area contributed by atoms with Crippen molar-refractivity contribution in [1.82, 2.24) is 10.6 Å². The Hall–Kier alpha value is -0.570. The van der Waals surface area contributed by atoms with Crippen molar-refractivity contribution in [3.05, 3.63) is 0 Å². The summed E-state index contributed by atoms with van der Waals surface area (Å²) in [7, 11) is 1.89. The fraction of sp³-hybridized carbons (Fsp3) is 0.929. The number of carbonyl (C=O) groups excluding carboxylic acids is 1. The van der Waals surface area contributed by atoms with Gasteiger partial charge in [-0.25, -0.2) is 0 Å². The van der Waals surface area contributed by atoms with Gasteiger partial charge in [0.25, 0.3) is 0 Å². The van der Waals surface area contributed by atoms with Crippen LogP contribution in [-0.4, -0.2) is 25.5 Å². The van der Waals surface area contributed by atoms with Crippen molar-refractivity contribution in [3.63, 3.8) is 0 Å².